The summed E-state index contributed by atoms with van der Waals surface area (Å²) in [7, 11) is -16.6. The summed E-state index contributed by atoms with van der Waals surface area (Å²) < 4.78 is 65.5. The number of unbranched alkanes of at least 4 members (excludes halogenated alkanes) is 26. The highest BCUT2D eigenvalue weighted by Crippen LogP contribution is 2.51. The number of aliphatic hydroxyl groups excluding tert-OH is 3. The van der Waals surface area contributed by atoms with Gasteiger partial charge >= 0.3 is 35.4 Å². The molecule has 0 aromatic rings. The van der Waals surface area contributed by atoms with E-state index in [1.165, 1.54) is 116 Å². The van der Waals surface area contributed by atoms with Crippen molar-refractivity contribution < 1.29 is 90.6 Å². The Balaban J connectivity index is 2.73. The minimum atomic E-state index is -5.55. The lowest BCUT2D eigenvalue weighted by molar-refractivity contribution is -0.213. The van der Waals surface area contributed by atoms with Crippen LogP contribution in [0.5, 0.6) is 0 Å². The molecule has 1 fully saturated rings. The summed E-state index contributed by atoms with van der Waals surface area (Å²) in [6.07, 6.45) is 15.4. The molecule has 0 aliphatic heterocycles. The Bertz CT molecular complexity index is 1340. The van der Waals surface area contributed by atoms with Crippen LogP contribution in [0.2, 0.25) is 0 Å². The Morgan fingerprint density at radius 2 is 0.723 bits per heavy atom. The maximum absolute atomic E-state index is 13.1. The van der Waals surface area contributed by atoms with Crippen LogP contribution in [-0.4, -0.2) is 108 Å². The van der Waals surface area contributed by atoms with Crippen molar-refractivity contribution in [1.29, 1.82) is 0 Å². The number of phosphoric ester groups is 3. The molecule has 1 saturated carbocycles. The van der Waals surface area contributed by atoms with Crippen LogP contribution in [0, 0.1) is 0 Å². The van der Waals surface area contributed by atoms with Gasteiger partial charge in [0.05, 0.1) is 6.61 Å². The van der Waals surface area contributed by atoms with Gasteiger partial charge in [-0.2, -0.15) is 0 Å². The van der Waals surface area contributed by atoms with E-state index >= 15 is 0 Å². The number of esters is 2. The topological polar surface area (TPSA) is 303 Å². The van der Waals surface area contributed by atoms with Crippen LogP contribution in [0.1, 0.15) is 206 Å². The lowest BCUT2D eigenvalue weighted by atomic mass is 9.85. The van der Waals surface area contributed by atoms with Gasteiger partial charge in [-0.1, -0.05) is 181 Å². The highest BCUT2D eigenvalue weighted by atomic mass is 31.2. The summed E-state index contributed by atoms with van der Waals surface area (Å²) in [6.45, 7) is 2.94. The van der Waals surface area contributed by atoms with Gasteiger partial charge in [-0.25, -0.2) is 13.7 Å². The molecule has 22 heteroatoms. The van der Waals surface area contributed by atoms with E-state index < -0.39 is 91.3 Å². The van der Waals surface area contributed by atoms with Crippen molar-refractivity contribution >= 4 is 35.4 Å². The second-order valence-corrected chi connectivity index (χ2v) is 21.2. The van der Waals surface area contributed by atoms with Crippen molar-refractivity contribution in [3.63, 3.8) is 0 Å². The zero-order chi connectivity index (χ0) is 48.6. The number of rotatable bonds is 42. The largest absolute Gasteiger partial charge is 0.472 e. The Labute approximate surface area is 387 Å². The minimum absolute atomic E-state index is 0.000347. The molecule has 1 aliphatic carbocycles. The molecular formula is C43H85O19P3. The average molecular weight is 999 g/mol. The van der Waals surface area contributed by atoms with Gasteiger partial charge in [0, 0.05) is 12.8 Å². The van der Waals surface area contributed by atoms with Crippen LogP contribution in [0.15, 0.2) is 0 Å². The summed E-state index contributed by atoms with van der Waals surface area (Å²) in [5, 5.41) is 31.8. The second-order valence-electron chi connectivity index (χ2n) is 17.4. The summed E-state index contributed by atoms with van der Waals surface area (Å²) >= 11 is 0. The SMILES string of the molecule is CCCCCCCCCCCCCCCCCC(=O)O[C@H](COC(=O)CCCCCCCCCCCCCCC)COP(=O)(O)OC1[C@@H](O)[C@H](OP(=O)(O)O)C(O)[C@H](OP(=O)(O)O)[C@@H]1O. The van der Waals surface area contributed by atoms with Crippen LogP contribution < -0.4 is 0 Å². The highest BCUT2D eigenvalue weighted by molar-refractivity contribution is 7.47. The zero-order valence-electron chi connectivity index (χ0n) is 39.1. The van der Waals surface area contributed by atoms with Gasteiger partial charge in [-0.15, -0.1) is 0 Å². The molecule has 0 bridgehead atoms. The molecule has 0 heterocycles. The quantitative estimate of drug-likeness (QED) is 0.0161. The van der Waals surface area contributed by atoms with E-state index in [4.69, 9.17) is 18.5 Å². The summed E-state index contributed by atoms with van der Waals surface area (Å²) in [5.41, 5.74) is 0. The van der Waals surface area contributed by atoms with E-state index in [1.54, 1.807) is 0 Å². The Kier molecular flexibility index (Phi) is 34.6. The molecule has 1 aliphatic rings. The Morgan fingerprint density at radius 1 is 0.431 bits per heavy atom. The molecule has 3 unspecified atom stereocenters. The number of aliphatic hydroxyl groups is 3. The van der Waals surface area contributed by atoms with E-state index in [-0.39, 0.29) is 12.8 Å². The van der Waals surface area contributed by atoms with Gasteiger partial charge in [0.1, 0.15) is 43.2 Å². The molecule has 8 N–H and O–H groups in total. The first kappa shape index (κ1) is 62.2. The van der Waals surface area contributed by atoms with Crippen LogP contribution in [0.4, 0.5) is 0 Å². The predicted molar refractivity (Wildman–Crippen MR) is 243 cm³/mol. The first-order chi connectivity index (χ1) is 30.8. The van der Waals surface area contributed by atoms with E-state index in [0.29, 0.717) is 12.8 Å². The first-order valence-electron chi connectivity index (χ1n) is 24.3. The summed E-state index contributed by atoms with van der Waals surface area (Å²) in [5.74, 6) is -1.30. The Morgan fingerprint density at radius 3 is 1.05 bits per heavy atom. The molecule has 0 amide bonds. The van der Waals surface area contributed by atoms with E-state index in [1.807, 2.05) is 0 Å². The Hall–Kier alpha value is -0.850. The van der Waals surface area contributed by atoms with Crippen LogP contribution in [0.25, 0.3) is 0 Å². The third-order valence-corrected chi connectivity index (χ3v) is 13.4. The highest BCUT2D eigenvalue weighted by Gasteiger charge is 2.56. The molecule has 0 radical (unpaired) electrons. The number of hydrogen-bond acceptors (Lipinski definition) is 14. The van der Waals surface area contributed by atoms with Crippen LogP contribution >= 0.6 is 23.5 Å². The van der Waals surface area contributed by atoms with Crippen molar-refractivity contribution in [3.8, 4) is 0 Å². The molecule has 0 aromatic carbocycles. The number of hydrogen-bond donors (Lipinski definition) is 8. The second kappa shape index (κ2) is 36.1. The molecule has 1 rings (SSSR count). The molecule has 0 spiro atoms. The number of phosphoric acid groups is 3. The number of carbonyl (C=O) groups is 2. The van der Waals surface area contributed by atoms with Crippen molar-refractivity contribution in [3.05, 3.63) is 0 Å². The summed E-state index contributed by atoms with van der Waals surface area (Å²) in [6, 6.07) is 0. The third kappa shape index (κ3) is 32.6. The van der Waals surface area contributed by atoms with E-state index in [0.717, 1.165) is 51.4 Å². The van der Waals surface area contributed by atoms with Crippen molar-refractivity contribution in [2.24, 2.45) is 0 Å². The van der Waals surface area contributed by atoms with Crippen LogP contribution in [0.3, 0.4) is 0 Å². The first-order valence-corrected chi connectivity index (χ1v) is 28.9. The zero-order valence-corrected chi connectivity index (χ0v) is 41.8. The predicted octanol–water partition coefficient (Wildman–Crippen LogP) is 8.74. The fourth-order valence-electron chi connectivity index (χ4n) is 7.77. The lowest BCUT2D eigenvalue weighted by Crippen LogP contribution is -2.65. The normalized spacial score (nSPS) is 21.8. The fraction of sp³-hybridized carbons (Fsp3) is 0.953. The maximum Gasteiger partial charge on any atom is 0.472 e. The number of ether oxygens (including phenoxy) is 2. The van der Waals surface area contributed by atoms with E-state index in [2.05, 4.69) is 22.9 Å². The molecule has 8 atom stereocenters. The molecule has 0 aromatic heterocycles. The number of carbonyl (C=O) groups excluding carboxylic acids is 2. The third-order valence-electron chi connectivity index (χ3n) is 11.4. The van der Waals surface area contributed by atoms with Gasteiger partial charge in [0.25, 0.3) is 0 Å². The van der Waals surface area contributed by atoms with Gasteiger partial charge in [-0.3, -0.25) is 27.7 Å². The fourth-order valence-corrected chi connectivity index (χ4v) is 9.87. The summed E-state index contributed by atoms with van der Waals surface area (Å²) in [4.78, 5) is 73.2. The molecular weight excluding hydrogens is 913 g/mol. The maximum atomic E-state index is 13.1. The molecule has 65 heavy (non-hydrogen) atoms. The standard InChI is InChI=1S/C43H85O19P3/c1-3-5-7-9-11-13-15-17-18-20-22-24-26-28-30-32-37(45)59-35(33-57-36(44)31-29-27-25-23-21-19-16-14-12-10-8-6-4-2)34-58-65(55,56)62-43-39(47)41(60-63(49,50)51)38(46)42(40(43)48)61-64(52,53)54/h35,38-43,46-48H,3-34H2,1-2H3,(H,55,56)(H2,49,50,51)(H2,52,53,54)/t35-,38?,39+,40+,41-,42+,43?/m1/s1. The van der Waals surface area contributed by atoms with Gasteiger partial charge in [0.15, 0.2) is 6.10 Å². The van der Waals surface area contributed by atoms with Gasteiger partial charge < -0.3 is 49.3 Å². The monoisotopic (exact) mass is 998 g/mol. The van der Waals surface area contributed by atoms with Crippen LogP contribution in [-0.2, 0) is 50.9 Å². The minimum Gasteiger partial charge on any atom is -0.462 e. The molecule has 0 saturated heterocycles. The van der Waals surface area contributed by atoms with Crippen molar-refractivity contribution in [2.45, 2.75) is 249 Å². The van der Waals surface area contributed by atoms with E-state index in [9.17, 15) is 63.1 Å². The smallest absolute Gasteiger partial charge is 0.462 e. The van der Waals surface area contributed by atoms with Gasteiger partial charge in [-0.05, 0) is 12.8 Å². The lowest BCUT2D eigenvalue weighted by Gasteiger charge is -2.44. The van der Waals surface area contributed by atoms with Crippen molar-refractivity contribution in [2.75, 3.05) is 13.2 Å². The molecule has 386 valence electrons. The molecule has 19 nitrogen and oxygen atoms in total. The van der Waals surface area contributed by atoms with Gasteiger partial charge in [0.2, 0.25) is 0 Å². The average Bonchev–Trinajstić information content (AvgIpc) is 3.23. The van der Waals surface area contributed by atoms with Crippen molar-refractivity contribution in [1.82, 2.24) is 0 Å².